The van der Waals surface area contributed by atoms with Crippen LogP contribution in [-0.4, -0.2) is 9.97 Å². The van der Waals surface area contributed by atoms with Gasteiger partial charge in [0.05, 0.1) is 16.8 Å². The van der Waals surface area contributed by atoms with Gasteiger partial charge in [-0.05, 0) is 57.1 Å². The Bertz CT molecular complexity index is 2710. The van der Waals surface area contributed by atoms with E-state index in [4.69, 9.17) is 9.97 Å². The number of nitrogens with zero attached hydrogens (tertiary/aromatic N) is 2. The molecule has 7 aromatic carbocycles. The van der Waals surface area contributed by atoms with Crippen molar-refractivity contribution in [1.82, 2.24) is 9.97 Å². The van der Waals surface area contributed by atoms with Crippen LogP contribution in [0.3, 0.4) is 0 Å². The van der Waals surface area contributed by atoms with Crippen LogP contribution < -0.4 is 0 Å². The lowest BCUT2D eigenvalue weighted by Crippen LogP contribution is -2.25. The summed E-state index contributed by atoms with van der Waals surface area (Å²) in [6, 6.07) is 61.5. The van der Waals surface area contributed by atoms with Gasteiger partial charge in [-0.15, -0.1) is 11.3 Å². The molecule has 2 heterocycles. The smallest absolute Gasteiger partial charge is 0.160 e. The molecule has 1 spiro atoms. The van der Waals surface area contributed by atoms with E-state index in [9.17, 15) is 0 Å². The van der Waals surface area contributed by atoms with Gasteiger partial charge in [0.15, 0.2) is 5.82 Å². The highest BCUT2D eigenvalue weighted by Crippen LogP contribution is 2.64. The highest BCUT2D eigenvalue weighted by molar-refractivity contribution is 7.26. The van der Waals surface area contributed by atoms with E-state index in [1.165, 1.54) is 64.7 Å². The average Bonchev–Trinajstić information content (AvgIpc) is 3.82. The Kier molecular flexibility index (Phi) is 5.78. The van der Waals surface area contributed by atoms with Gasteiger partial charge >= 0.3 is 0 Å². The van der Waals surface area contributed by atoms with Crippen LogP contribution in [0.4, 0.5) is 0 Å². The third kappa shape index (κ3) is 3.73. The van der Waals surface area contributed by atoms with E-state index >= 15 is 0 Å². The van der Waals surface area contributed by atoms with Gasteiger partial charge < -0.3 is 0 Å². The van der Waals surface area contributed by atoms with Crippen molar-refractivity contribution < 1.29 is 0 Å². The van der Waals surface area contributed by atoms with E-state index < -0.39 is 5.41 Å². The number of aromatic nitrogens is 2. The van der Waals surface area contributed by atoms with Gasteiger partial charge in [-0.1, -0.05) is 152 Å². The van der Waals surface area contributed by atoms with Gasteiger partial charge in [-0.25, -0.2) is 9.97 Å². The molecule has 11 rings (SSSR count). The van der Waals surface area contributed by atoms with Crippen LogP contribution in [-0.2, 0) is 5.41 Å². The molecule has 0 atom stereocenters. The Morgan fingerprint density at radius 3 is 1.68 bits per heavy atom. The monoisotopic (exact) mass is 652 g/mol. The summed E-state index contributed by atoms with van der Waals surface area (Å²) >= 11 is 1.91. The number of benzene rings is 7. The van der Waals surface area contributed by atoms with Crippen molar-refractivity contribution >= 4 is 31.5 Å². The van der Waals surface area contributed by atoms with E-state index in [0.29, 0.717) is 0 Å². The highest BCUT2D eigenvalue weighted by Gasteiger charge is 2.52. The van der Waals surface area contributed by atoms with Crippen molar-refractivity contribution in [2.24, 2.45) is 0 Å². The molecule has 0 aliphatic heterocycles. The third-order valence-corrected chi connectivity index (χ3v) is 11.9. The molecule has 0 radical (unpaired) electrons. The summed E-state index contributed by atoms with van der Waals surface area (Å²) < 4.78 is 2.67. The summed E-state index contributed by atoms with van der Waals surface area (Å²) in [4.78, 5) is 10.5. The Labute approximate surface area is 294 Å². The van der Waals surface area contributed by atoms with Crippen molar-refractivity contribution in [3.05, 3.63) is 192 Å². The first-order chi connectivity index (χ1) is 24.8. The van der Waals surface area contributed by atoms with Gasteiger partial charge in [0.1, 0.15) is 0 Å². The second kappa shape index (κ2) is 10.4. The van der Waals surface area contributed by atoms with Crippen molar-refractivity contribution in [2.45, 2.75) is 5.41 Å². The Balaban J connectivity index is 1.23. The molecule has 2 aliphatic rings. The van der Waals surface area contributed by atoms with E-state index in [-0.39, 0.29) is 0 Å². The van der Waals surface area contributed by atoms with E-state index in [1.54, 1.807) is 0 Å². The Hall–Kier alpha value is -6.16. The Morgan fingerprint density at radius 1 is 0.400 bits per heavy atom. The zero-order valence-electron chi connectivity index (χ0n) is 27.0. The first kappa shape index (κ1) is 27.8. The standard InChI is InChI=1S/C47H28N2S/c1-3-13-29(14-4-1)41-28-42(30-15-5-2-6-16-30)49-46(48-41)31-23-24-36-40(27-31)47(37-20-10-7-17-32(37)33-18-8-11-21-38(33)47)39-26-25-35-34-19-9-12-22-43(34)50-45(35)44(36)39/h1-28H. The minimum absolute atomic E-state index is 0.461. The summed E-state index contributed by atoms with van der Waals surface area (Å²) in [6.45, 7) is 0. The molecular formula is C47H28N2S. The molecule has 0 N–H and O–H groups in total. The van der Waals surface area contributed by atoms with Gasteiger partial charge in [-0.2, -0.15) is 0 Å². The maximum absolute atomic E-state index is 5.25. The van der Waals surface area contributed by atoms with Gasteiger partial charge in [0, 0.05) is 42.4 Å². The number of fused-ring (bicyclic) bond motifs is 14. The molecule has 9 aromatic rings. The van der Waals surface area contributed by atoms with E-state index in [0.717, 1.165) is 33.9 Å². The fourth-order valence-corrected chi connectivity index (χ4v) is 9.90. The molecule has 0 amide bonds. The molecule has 0 bridgehead atoms. The second-order valence-corrected chi connectivity index (χ2v) is 14.3. The predicted octanol–water partition coefficient (Wildman–Crippen LogP) is 12.2. The van der Waals surface area contributed by atoms with Gasteiger partial charge in [0.25, 0.3) is 0 Å². The fourth-order valence-electron chi connectivity index (χ4n) is 8.63. The fraction of sp³-hybridized carbons (Fsp3) is 0.0213. The lowest BCUT2D eigenvalue weighted by Gasteiger charge is -2.30. The molecule has 0 fully saturated rings. The largest absolute Gasteiger partial charge is 0.228 e. The van der Waals surface area contributed by atoms with Crippen LogP contribution in [0.1, 0.15) is 22.3 Å². The zero-order valence-corrected chi connectivity index (χ0v) is 27.8. The first-order valence-electron chi connectivity index (χ1n) is 17.1. The quantitative estimate of drug-likeness (QED) is 0.190. The summed E-state index contributed by atoms with van der Waals surface area (Å²) in [5.74, 6) is 0.727. The highest BCUT2D eigenvalue weighted by atomic mass is 32.1. The van der Waals surface area contributed by atoms with E-state index in [2.05, 4.69) is 158 Å². The van der Waals surface area contributed by atoms with Crippen LogP contribution in [0.2, 0.25) is 0 Å². The minimum Gasteiger partial charge on any atom is -0.228 e. The predicted molar refractivity (Wildman–Crippen MR) is 208 cm³/mol. The van der Waals surface area contributed by atoms with Gasteiger partial charge in [0.2, 0.25) is 0 Å². The SMILES string of the molecule is c1ccc(-c2cc(-c3ccccc3)nc(-c3ccc4c(c3)C3(c5ccccc5-c5ccccc53)c3ccc5c(sc6ccccc65)c3-4)n2)cc1. The zero-order chi connectivity index (χ0) is 32.8. The van der Waals surface area contributed by atoms with Crippen LogP contribution in [0, 0.1) is 0 Å². The molecule has 0 saturated carbocycles. The molecule has 3 heteroatoms. The molecular weight excluding hydrogens is 625 g/mol. The normalized spacial score (nSPS) is 13.4. The molecule has 50 heavy (non-hydrogen) atoms. The topological polar surface area (TPSA) is 25.8 Å². The van der Waals surface area contributed by atoms with E-state index in [1.807, 2.05) is 23.5 Å². The molecule has 2 aliphatic carbocycles. The lowest BCUT2D eigenvalue weighted by atomic mass is 9.70. The number of hydrogen-bond acceptors (Lipinski definition) is 3. The molecule has 0 unspecified atom stereocenters. The second-order valence-electron chi connectivity index (χ2n) is 13.3. The minimum atomic E-state index is -0.461. The number of rotatable bonds is 3. The summed E-state index contributed by atoms with van der Waals surface area (Å²) in [5.41, 5.74) is 15.1. The third-order valence-electron chi connectivity index (χ3n) is 10.7. The van der Waals surface area contributed by atoms with Crippen LogP contribution in [0.15, 0.2) is 170 Å². The van der Waals surface area contributed by atoms with Crippen LogP contribution in [0.25, 0.3) is 76.3 Å². The first-order valence-corrected chi connectivity index (χ1v) is 17.9. The lowest BCUT2D eigenvalue weighted by molar-refractivity contribution is 0.794. The van der Waals surface area contributed by atoms with Crippen molar-refractivity contribution in [1.29, 1.82) is 0 Å². The van der Waals surface area contributed by atoms with Crippen molar-refractivity contribution in [2.75, 3.05) is 0 Å². The maximum Gasteiger partial charge on any atom is 0.160 e. The van der Waals surface area contributed by atoms with Crippen molar-refractivity contribution in [3.8, 4) is 56.2 Å². The number of hydrogen-bond donors (Lipinski definition) is 0. The van der Waals surface area contributed by atoms with Crippen LogP contribution >= 0.6 is 11.3 Å². The maximum atomic E-state index is 5.25. The molecule has 2 nitrogen and oxygen atoms in total. The molecule has 2 aromatic heterocycles. The number of thiophene rings is 1. The summed E-state index contributed by atoms with van der Waals surface area (Å²) in [6.07, 6.45) is 0. The molecule has 232 valence electrons. The average molecular weight is 653 g/mol. The van der Waals surface area contributed by atoms with Crippen LogP contribution in [0.5, 0.6) is 0 Å². The summed E-state index contributed by atoms with van der Waals surface area (Å²) in [7, 11) is 0. The summed E-state index contributed by atoms with van der Waals surface area (Å²) in [5, 5.41) is 2.64. The van der Waals surface area contributed by atoms with Crippen molar-refractivity contribution in [3.63, 3.8) is 0 Å². The Morgan fingerprint density at radius 2 is 1.00 bits per heavy atom. The van der Waals surface area contributed by atoms with Gasteiger partial charge in [-0.3, -0.25) is 0 Å². The molecule has 0 saturated heterocycles.